The van der Waals surface area contributed by atoms with Gasteiger partial charge in [-0.2, -0.15) is 0 Å². The number of benzene rings is 1. The lowest BCUT2D eigenvalue weighted by Crippen LogP contribution is -1.91. The van der Waals surface area contributed by atoms with Crippen molar-refractivity contribution in [1.82, 2.24) is 0 Å². The molecule has 0 amide bonds. The van der Waals surface area contributed by atoms with Crippen LogP contribution in [0.3, 0.4) is 0 Å². The zero-order valence-corrected chi connectivity index (χ0v) is 8.17. The van der Waals surface area contributed by atoms with Gasteiger partial charge in [0.2, 0.25) is 0 Å². The molecule has 0 heterocycles. The van der Waals surface area contributed by atoms with Crippen molar-refractivity contribution in [2.75, 3.05) is 0 Å². The molecule has 1 aromatic rings. The van der Waals surface area contributed by atoms with Crippen molar-refractivity contribution in [3.63, 3.8) is 0 Å². The highest BCUT2D eigenvalue weighted by atomic mass is 14.2. The number of hydrogen-bond acceptors (Lipinski definition) is 0. The number of fused-ring (bicyclic) bond motifs is 1. The van der Waals surface area contributed by atoms with E-state index in [0.29, 0.717) is 5.92 Å². The molecule has 1 aromatic carbocycles. The fourth-order valence-electron chi connectivity index (χ4n) is 1.82. The molecule has 0 N–H and O–H groups in total. The molecule has 0 fully saturated rings. The van der Waals surface area contributed by atoms with Gasteiger partial charge in [0.15, 0.2) is 0 Å². The predicted octanol–water partition coefficient (Wildman–Crippen LogP) is 3.75. The molecular formula is C13H14. The highest BCUT2D eigenvalue weighted by Gasteiger charge is 2.17. The SMILES string of the molecule is C=C1C(C(C)C)=Cc2ccccc21. The predicted molar refractivity (Wildman–Crippen MR) is 58.3 cm³/mol. The van der Waals surface area contributed by atoms with Gasteiger partial charge in [0.1, 0.15) is 0 Å². The Morgan fingerprint density at radius 1 is 1.15 bits per heavy atom. The summed E-state index contributed by atoms with van der Waals surface area (Å²) in [6.45, 7) is 8.55. The minimum absolute atomic E-state index is 0.569. The van der Waals surface area contributed by atoms with Gasteiger partial charge in [-0.05, 0) is 28.2 Å². The van der Waals surface area contributed by atoms with E-state index in [1.807, 2.05) is 0 Å². The summed E-state index contributed by atoms with van der Waals surface area (Å²) in [7, 11) is 0. The first-order valence-corrected chi connectivity index (χ1v) is 4.70. The van der Waals surface area contributed by atoms with Crippen LogP contribution >= 0.6 is 0 Å². The lowest BCUT2D eigenvalue weighted by atomic mass is 9.97. The standard InChI is InChI=1S/C13H14/c1-9(2)13-8-11-6-4-5-7-12(11)10(13)3/h4-9H,3H2,1-2H3. The molecule has 0 radical (unpaired) electrons. The molecular weight excluding hydrogens is 156 g/mol. The molecule has 2 rings (SSSR count). The summed E-state index contributed by atoms with van der Waals surface area (Å²) in [5.41, 5.74) is 5.19. The Hall–Kier alpha value is -1.30. The van der Waals surface area contributed by atoms with E-state index in [2.05, 4.69) is 50.8 Å². The van der Waals surface area contributed by atoms with Crippen LogP contribution in [0.4, 0.5) is 0 Å². The Kier molecular flexibility index (Phi) is 1.84. The monoisotopic (exact) mass is 170 g/mol. The van der Waals surface area contributed by atoms with E-state index in [9.17, 15) is 0 Å². The first kappa shape index (κ1) is 8.31. The zero-order chi connectivity index (χ0) is 9.42. The van der Waals surface area contributed by atoms with Crippen molar-refractivity contribution in [2.24, 2.45) is 5.92 Å². The van der Waals surface area contributed by atoms with Crippen LogP contribution in [0.2, 0.25) is 0 Å². The van der Waals surface area contributed by atoms with Gasteiger partial charge in [0.25, 0.3) is 0 Å². The second-order valence-electron chi connectivity index (χ2n) is 3.82. The topological polar surface area (TPSA) is 0 Å². The summed E-state index contributed by atoms with van der Waals surface area (Å²) in [5, 5.41) is 0. The normalized spacial score (nSPS) is 14.7. The number of allylic oxidation sites excluding steroid dienone is 2. The van der Waals surface area contributed by atoms with E-state index >= 15 is 0 Å². The van der Waals surface area contributed by atoms with Crippen LogP contribution in [0.25, 0.3) is 11.6 Å². The molecule has 0 unspecified atom stereocenters. The lowest BCUT2D eigenvalue weighted by Gasteiger charge is -2.07. The van der Waals surface area contributed by atoms with Crippen molar-refractivity contribution in [2.45, 2.75) is 13.8 Å². The van der Waals surface area contributed by atoms with Gasteiger partial charge in [-0.3, -0.25) is 0 Å². The Morgan fingerprint density at radius 2 is 1.85 bits per heavy atom. The van der Waals surface area contributed by atoms with Crippen LogP contribution in [0.1, 0.15) is 25.0 Å². The fraction of sp³-hybridized carbons (Fsp3) is 0.231. The summed E-state index contributed by atoms with van der Waals surface area (Å²) in [6.07, 6.45) is 2.25. The Bertz CT molecular complexity index is 381. The molecule has 0 bridgehead atoms. The van der Waals surface area contributed by atoms with Gasteiger partial charge in [-0.15, -0.1) is 0 Å². The maximum absolute atomic E-state index is 4.13. The molecule has 0 spiro atoms. The third-order valence-corrected chi connectivity index (χ3v) is 2.57. The van der Waals surface area contributed by atoms with Crippen LogP contribution in [0.5, 0.6) is 0 Å². The summed E-state index contributed by atoms with van der Waals surface area (Å²) >= 11 is 0. The molecule has 66 valence electrons. The van der Waals surface area contributed by atoms with Gasteiger partial charge < -0.3 is 0 Å². The molecule has 1 aliphatic carbocycles. The molecule has 1 aliphatic rings. The molecule has 13 heavy (non-hydrogen) atoms. The maximum atomic E-state index is 4.13. The number of rotatable bonds is 1. The largest absolute Gasteiger partial charge is 0.0909 e. The maximum Gasteiger partial charge on any atom is -0.0114 e. The molecule has 0 saturated heterocycles. The van der Waals surface area contributed by atoms with E-state index in [1.54, 1.807) is 0 Å². The first-order valence-electron chi connectivity index (χ1n) is 4.70. The molecule has 0 atom stereocenters. The smallest absolute Gasteiger partial charge is 0.0114 e. The van der Waals surface area contributed by atoms with Gasteiger partial charge in [-0.1, -0.05) is 50.8 Å². The summed E-state index contributed by atoms with van der Waals surface area (Å²) in [5.74, 6) is 0.569. The second kappa shape index (κ2) is 2.88. The lowest BCUT2D eigenvalue weighted by molar-refractivity contribution is 0.805. The van der Waals surface area contributed by atoms with Crippen LogP contribution in [0, 0.1) is 5.92 Å². The minimum Gasteiger partial charge on any atom is -0.0909 e. The van der Waals surface area contributed by atoms with Crippen LogP contribution in [-0.4, -0.2) is 0 Å². The van der Waals surface area contributed by atoms with Gasteiger partial charge in [0.05, 0.1) is 0 Å². The van der Waals surface area contributed by atoms with Crippen molar-refractivity contribution in [3.05, 3.63) is 47.5 Å². The average molecular weight is 170 g/mol. The molecule has 0 aromatic heterocycles. The van der Waals surface area contributed by atoms with Crippen LogP contribution in [0.15, 0.2) is 36.4 Å². The van der Waals surface area contributed by atoms with Crippen LogP contribution in [-0.2, 0) is 0 Å². The zero-order valence-electron chi connectivity index (χ0n) is 8.17. The Morgan fingerprint density at radius 3 is 2.46 bits per heavy atom. The van der Waals surface area contributed by atoms with E-state index in [-0.39, 0.29) is 0 Å². The van der Waals surface area contributed by atoms with Crippen LogP contribution < -0.4 is 0 Å². The van der Waals surface area contributed by atoms with Gasteiger partial charge in [0, 0.05) is 0 Å². The highest BCUT2D eigenvalue weighted by molar-refractivity contribution is 5.93. The van der Waals surface area contributed by atoms with Gasteiger partial charge >= 0.3 is 0 Å². The van der Waals surface area contributed by atoms with Crippen molar-refractivity contribution < 1.29 is 0 Å². The van der Waals surface area contributed by atoms with Gasteiger partial charge in [-0.25, -0.2) is 0 Å². The second-order valence-corrected chi connectivity index (χ2v) is 3.82. The Labute approximate surface area is 79.6 Å². The van der Waals surface area contributed by atoms with E-state index in [1.165, 1.54) is 22.3 Å². The average Bonchev–Trinajstić information content (AvgIpc) is 2.45. The van der Waals surface area contributed by atoms with E-state index < -0.39 is 0 Å². The summed E-state index contributed by atoms with van der Waals surface area (Å²) in [6, 6.07) is 8.44. The summed E-state index contributed by atoms with van der Waals surface area (Å²) < 4.78 is 0. The van der Waals surface area contributed by atoms with Crippen molar-refractivity contribution in [1.29, 1.82) is 0 Å². The third kappa shape index (κ3) is 1.23. The molecule has 0 aliphatic heterocycles. The Balaban J connectivity index is 2.51. The van der Waals surface area contributed by atoms with Crippen molar-refractivity contribution >= 4 is 11.6 Å². The van der Waals surface area contributed by atoms with E-state index in [4.69, 9.17) is 0 Å². The minimum atomic E-state index is 0.569. The quantitative estimate of drug-likeness (QED) is 0.602. The highest BCUT2D eigenvalue weighted by Crippen LogP contribution is 2.37. The number of hydrogen-bond donors (Lipinski definition) is 0. The fourth-order valence-corrected chi connectivity index (χ4v) is 1.82. The van der Waals surface area contributed by atoms with Crippen molar-refractivity contribution in [3.8, 4) is 0 Å². The van der Waals surface area contributed by atoms with E-state index in [0.717, 1.165) is 0 Å². The molecule has 0 heteroatoms. The molecule has 0 saturated carbocycles. The summed E-state index contributed by atoms with van der Waals surface area (Å²) in [4.78, 5) is 0. The third-order valence-electron chi connectivity index (χ3n) is 2.57. The first-order chi connectivity index (χ1) is 6.20. The molecule has 0 nitrogen and oxygen atoms in total.